The Labute approximate surface area is 120 Å². The fourth-order valence-corrected chi connectivity index (χ4v) is 1.94. The third-order valence-electron chi connectivity index (χ3n) is 3.32. The van der Waals surface area contributed by atoms with E-state index >= 15 is 0 Å². The number of aliphatic hydroxyl groups is 1. The van der Waals surface area contributed by atoms with Crippen molar-refractivity contribution in [1.82, 2.24) is 0 Å². The molecule has 4 nitrogen and oxygen atoms in total. The van der Waals surface area contributed by atoms with Crippen LogP contribution in [0.25, 0.3) is 0 Å². The van der Waals surface area contributed by atoms with E-state index in [9.17, 15) is 4.79 Å². The number of benzene rings is 1. The molecule has 0 aliphatic heterocycles. The van der Waals surface area contributed by atoms with Crippen molar-refractivity contribution < 1.29 is 19.4 Å². The molecule has 0 fully saturated rings. The number of ether oxygens (including phenoxy) is 2. The fraction of sp³-hybridized carbons (Fsp3) is 0.562. The van der Waals surface area contributed by atoms with E-state index in [0.29, 0.717) is 23.8 Å². The lowest BCUT2D eigenvalue weighted by molar-refractivity contribution is -0.0615. The molecule has 2 unspecified atom stereocenters. The second kappa shape index (κ2) is 8.02. The third-order valence-corrected chi connectivity index (χ3v) is 3.32. The predicted octanol–water partition coefficient (Wildman–Crippen LogP) is 3.14. The fourth-order valence-electron chi connectivity index (χ4n) is 1.94. The number of hydrogen-bond acceptors (Lipinski definition) is 4. The molecule has 0 heterocycles. The molecule has 0 aliphatic rings. The molecular weight excluding hydrogens is 256 g/mol. The summed E-state index contributed by atoms with van der Waals surface area (Å²) in [7, 11) is 0. The van der Waals surface area contributed by atoms with Crippen LogP contribution in [-0.2, 0) is 4.74 Å². The first-order valence-electron chi connectivity index (χ1n) is 7.09. The number of rotatable bonds is 8. The van der Waals surface area contributed by atoms with Crippen molar-refractivity contribution in [3.05, 3.63) is 29.3 Å². The van der Waals surface area contributed by atoms with Gasteiger partial charge in [0.15, 0.2) is 12.1 Å². The maximum absolute atomic E-state index is 11.9. The average Bonchev–Trinajstić information content (AvgIpc) is 2.46. The van der Waals surface area contributed by atoms with Crippen molar-refractivity contribution in [3.8, 4) is 5.75 Å². The molecule has 0 saturated heterocycles. The highest BCUT2D eigenvalue weighted by Gasteiger charge is 2.16. The normalized spacial score (nSPS) is 13.8. The summed E-state index contributed by atoms with van der Waals surface area (Å²) in [5, 5.41) is 9.10. The van der Waals surface area contributed by atoms with Crippen LogP contribution >= 0.6 is 0 Å². The summed E-state index contributed by atoms with van der Waals surface area (Å²) in [6, 6.07) is 5.54. The van der Waals surface area contributed by atoms with E-state index in [4.69, 9.17) is 14.6 Å². The molecule has 1 aromatic rings. The monoisotopic (exact) mass is 280 g/mol. The molecule has 0 saturated carbocycles. The van der Waals surface area contributed by atoms with Gasteiger partial charge in [0, 0.05) is 6.61 Å². The number of carbonyl (C=O) groups is 1. The molecule has 20 heavy (non-hydrogen) atoms. The first-order chi connectivity index (χ1) is 9.53. The Morgan fingerprint density at radius 1 is 1.30 bits per heavy atom. The SMILES string of the molecule is CCOC(C)Oc1ccc(C(C)CC)cc1C(=O)CO. The predicted molar refractivity (Wildman–Crippen MR) is 78.3 cm³/mol. The van der Waals surface area contributed by atoms with E-state index in [-0.39, 0.29) is 5.78 Å². The summed E-state index contributed by atoms with van der Waals surface area (Å²) in [6.45, 7) is 7.87. The van der Waals surface area contributed by atoms with Crippen molar-refractivity contribution in [2.45, 2.75) is 46.3 Å². The minimum atomic E-state index is -0.524. The van der Waals surface area contributed by atoms with E-state index in [2.05, 4.69) is 13.8 Å². The van der Waals surface area contributed by atoms with Gasteiger partial charge < -0.3 is 14.6 Å². The zero-order chi connectivity index (χ0) is 15.1. The van der Waals surface area contributed by atoms with E-state index in [0.717, 1.165) is 12.0 Å². The van der Waals surface area contributed by atoms with E-state index in [1.165, 1.54) is 0 Å². The Morgan fingerprint density at radius 3 is 2.55 bits per heavy atom. The van der Waals surface area contributed by atoms with Crippen LogP contribution in [0, 0.1) is 0 Å². The van der Waals surface area contributed by atoms with Crippen molar-refractivity contribution in [1.29, 1.82) is 0 Å². The first-order valence-corrected chi connectivity index (χ1v) is 7.09. The minimum Gasteiger partial charge on any atom is -0.464 e. The Kier molecular flexibility index (Phi) is 6.68. The third kappa shape index (κ3) is 4.32. The lowest BCUT2D eigenvalue weighted by Gasteiger charge is -2.18. The highest BCUT2D eigenvalue weighted by Crippen LogP contribution is 2.27. The number of ketones is 1. The lowest BCUT2D eigenvalue weighted by atomic mass is 9.95. The zero-order valence-corrected chi connectivity index (χ0v) is 12.7. The van der Waals surface area contributed by atoms with Crippen molar-refractivity contribution in [2.24, 2.45) is 0 Å². The quantitative estimate of drug-likeness (QED) is 0.587. The average molecular weight is 280 g/mol. The topological polar surface area (TPSA) is 55.8 Å². The van der Waals surface area contributed by atoms with Gasteiger partial charge in [-0.15, -0.1) is 0 Å². The van der Waals surface area contributed by atoms with Gasteiger partial charge in [-0.25, -0.2) is 0 Å². The van der Waals surface area contributed by atoms with Crippen LogP contribution in [0.3, 0.4) is 0 Å². The van der Waals surface area contributed by atoms with Crippen molar-refractivity contribution in [3.63, 3.8) is 0 Å². The van der Waals surface area contributed by atoms with Gasteiger partial charge >= 0.3 is 0 Å². The molecule has 0 radical (unpaired) electrons. The Bertz CT molecular complexity index is 442. The Morgan fingerprint density at radius 2 is 2.00 bits per heavy atom. The molecule has 0 aliphatic carbocycles. The van der Waals surface area contributed by atoms with Gasteiger partial charge in [-0.05, 0) is 43.9 Å². The van der Waals surface area contributed by atoms with Crippen LogP contribution in [0.4, 0.5) is 0 Å². The van der Waals surface area contributed by atoms with Gasteiger partial charge in [-0.2, -0.15) is 0 Å². The smallest absolute Gasteiger partial charge is 0.196 e. The summed E-state index contributed by atoms with van der Waals surface area (Å²) in [4.78, 5) is 11.9. The highest BCUT2D eigenvalue weighted by atomic mass is 16.7. The van der Waals surface area contributed by atoms with Crippen LogP contribution in [0.2, 0.25) is 0 Å². The van der Waals surface area contributed by atoms with Crippen molar-refractivity contribution in [2.75, 3.05) is 13.2 Å². The standard InChI is InChI=1S/C16H24O4/c1-5-11(3)13-7-8-16(20-12(4)19-6-2)14(9-13)15(18)10-17/h7-9,11-12,17H,5-6,10H2,1-4H3. The lowest BCUT2D eigenvalue weighted by Crippen LogP contribution is -2.18. The highest BCUT2D eigenvalue weighted by molar-refractivity contribution is 5.99. The Balaban J connectivity index is 3.07. The molecular formula is C16H24O4. The van der Waals surface area contributed by atoms with Gasteiger partial charge in [-0.1, -0.05) is 19.9 Å². The molecule has 0 aromatic heterocycles. The molecule has 0 bridgehead atoms. The van der Waals surface area contributed by atoms with Gasteiger partial charge in [0.2, 0.25) is 0 Å². The summed E-state index contributed by atoms with van der Waals surface area (Å²) in [6.07, 6.45) is 0.558. The van der Waals surface area contributed by atoms with Gasteiger partial charge in [0.05, 0.1) is 5.56 Å². The van der Waals surface area contributed by atoms with Gasteiger partial charge in [0.25, 0.3) is 0 Å². The maximum atomic E-state index is 11.9. The number of aliphatic hydroxyl groups excluding tert-OH is 1. The largest absolute Gasteiger partial charge is 0.464 e. The van der Waals surface area contributed by atoms with Crippen LogP contribution in [0.5, 0.6) is 5.75 Å². The van der Waals surface area contributed by atoms with E-state index in [1.807, 2.05) is 13.0 Å². The van der Waals surface area contributed by atoms with Gasteiger partial charge in [0.1, 0.15) is 12.4 Å². The van der Waals surface area contributed by atoms with E-state index in [1.54, 1.807) is 19.1 Å². The first kappa shape index (κ1) is 16.7. The molecule has 4 heteroatoms. The molecule has 0 spiro atoms. The van der Waals surface area contributed by atoms with Gasteiger partial charge in [-0.3, -0.25) is 4.79 Å². The maximum Gasteiger partial charge on any atom is 0.196 e. The number of Topliss-reactive ketones (excluding diaryl/α,β-unsaturated/α-hetero) is 1. The zero-order valence-electron chi connectivity index (χ0n) is 12.7. The molecule has 2 atom stereocenters. The summed E-state index contributed by atoms with van der Waals surface area (Å²) in [5.41, 5.74) is 1.48. The van der Waals surface area contributed by atoms with Crippen LogP contribution in [0.15, 0.2) is 18.2 Å². The van der Waals surface area contributed by atoms with Crippen molar-refractivity contribution >= 4 is 5.78 Å². The second-order valence-electron chi connectivity index (χ2n) is 4.79. The van der Waals surface area contributed by atoms with Crippen LogP contribution in [0.1, 0.15) is 56.0 Å². The number of hydrogen-bond donors (Lipinski definition) is 1. The van der Waals surface area contributed by atoms with Crippen LogP contribution in [-0.4, -0.2) is 30.4 Å². The number of carbonyl (C=O) groups excluding carboxylic acids is 1. The molecule has 0 amide bonds. The summed E-state index contributed by atoms with van der Waals surface area (Å²) < 4.78 is 10.9. The second-order valence-corrected chi connectivity index (χ2v) is 4.79. The van der Waals surface area contributed by atoms with Crippen LogP contribution < -0.4 is 4.74 Å². The molecule has 1 N–H and O–H groups in total. The summed E-state index contributed by atoms with van der Waals surface area (Å²) in [5.74, 6) is 0.476. The summed E-state index contributed by atoms with van der Waals surface area (Å²) >= 11 is 0. The molecule has 112 valence electrons. The molecule has 1 rings (SSSR count). The molecule has 1 aromatic carbocycles. The minimum absolute atomic E-state index is 0.339. The Hall–Kier alpha value is -1.39. The van der Waals surface area contributed by atoms with E-state index < -0.39 is 12.9 Å².